The normalized spacial score (nSPS) is 12.6. The first-order chi connectivity index (χ1) is 9.85. The number of aliphatic hydroxyl groups is 1. The van der Waals surface area contributed by atoms with Crippen molar-refractivity contribution in [3.8, 4) is 0 Å². The molecule has 0 bridgehead atoms. The monoisotopic (exact) mass is 331 g/mol. The zero-order chi connectivity index (χ0) is 16.1. The van der Waals surface area contributed by atoms with E-state index in [0.717, 1.165) is 12.8 Å². The number of thioether (sulfide) groups is 1. The molecule has 0 aliphatic carbocycles. The molecule has 1 aromatic carbocycles. The highest BCUT2D eigenvalue weighted by atomic mass is 32.2. The van der Waals surface area contributed by atoms with Crippen molar-refractivity contribution in [2.24, 2.45) is 0 Å². The van der Waals surface area contributed by atoms with E-state index in [4.69, 9.17) is 0 Å². The molecule has 2 N–H and O–H groups in total. The minimum atomic E-state index is -3.56. The van der Waals surface area contributed by atoms with Gasteiger partial charge in [0.15, 0.2) is 0 Å². The van der Waals surface area contributed by atoms with Gasteiger partial charge in [-0.25, -0.2) is 13.1 Å². The topological polar surface area (TPSA) is 66.4 Å². The lowest BCUT2D eigenvalue weighted by molar-refractivity contribution is 0.280. The molecule has 0 fully saturated rings. The number of sulfonamides is 1. The summed E-state index contributed by atoms with van der Waals surface area (Å²) >= 11 is 1.70. The number of aliphatic hydroxyl groups excluding tert-OH is 1. The van der Waals surface area contributed by atoms with Crippen molar-refractivity contribution >= 4 is 21.8 Å². The van der Waals surface area contributed by atoms with Crippen LogP contribution in [0.1, 0.15) is 37.8 Å². The summed E-state index contributed by atoms with van der Waals surface area (Å²) in [6.07, 6.45) is 3.82. The molecule has 120 valence electrons. The fraction of sp³-hybridized carbons (Fsp3) is 0.600. The first-order valence-electron chi connectivity index (χ1n) is 7.10. The second-order valence-corrected chi connectivity index (χ2v) is 8.13. The van der Waals surface area contributed by atoms with E-state index >= 15 is 0 Å². The molecule has 0 radical (unpaired) electrons. The van der Waals surface area contributed by atoms with E-state index in [9.17, 15) is 13.5 Å². The minimum absolute atomic E-state index is 0.0738. The van der Waals surface area contributed by atoms with Crippen molar-refractivity contribution in [2.75, 3.05) is 12.8 Å². The Morgan fingerprint density at radius 3 is 2.38 bits per heavy atom. The number of hydrogen-bond acceptors (Lipinski definition) is 4. The zero-order valence-corrected chi connectivity index (χ0v) is 14.8. The predicted octanol–water partition coefficient (Wildman–Crippen LogP) is 2.69. The Hall–Kier alpha value is -0.560. The van der Waals surface area contributed by atoms with Crippen molar-refractivity contribution in [2.45, 2.75) is 49.9 Å². The summed E-state index contributed by atoms with van der Waals surface area (Å²) in [7, 11) is -3.56. The van der Waals surface area contributed by atoms with E-state index in [-0.39, 0.29) is 16.2 Å². The lowest BCUT2D eigenvalue weighted by Gasteiger charge is -2.29. The van der Waals surface area contributed by atoms with Crippen LogP contribution >= 0.6 is 11.8 Å². The molecule has 0 aliphatic rings. The van der Waals surface area contributed by atoms with E-state index in [1.165, 1.54) is 0 Å². The summed E-state index contributed by atoms with van der Waals surface area (Å²) in [6.45, 7) is 6.12. The van der Waals surface area contributed by atoms with Crippen molar-refractivity contribution in [1.82, 2.24) is 4.72 Å². The molecule has 4 nitrogen and oxygen atoms in total. The van der Waals surface area contributed by atoms with Gasteiger partial charge in [-0.3, -0.25) is 0 Å². The Morgan fingerprint density at radius 2 is 1.90 bits per heavy atom. The zero-order valence-electron chi connectivity index (χ0n) is 13.1. The SMILES string of the molecule is CCC(CC)(CNS(=O)(=O)c1cccc(CO)c1C)SC. The fourth-order valence-corrected chi connectivity index (χ4v) is 4.59. The second-order valence-electron chi connectivity index (χ2n) is 5.12. The van der Waals surface area contributed by atoms with Crippen LogP contribution in [0.3, 0.4) is 0 Å². The smallest absolute Gasteiger partial charge is 0.240 e. The third-order valence-electron chi connectivity index (χ3n) is 4.16. The molecule has 0 amide bonds. The van der Waals surface area contributed by atoms with Gasteiger partial charge in [-0.15, -0.1) is 0 Å². The first-order valence-corrected chi connectivity index (χ1v) is 9.80. The van der Waals surface area contributed by atoms with E-state index in [1.807, 2.05) is 6.26 Å². The standard InChI is InChI=1S/C15H25NO3S2/c1-5-15(6-2,20-4)11-16-21(18,19)14-9-7-8-13(10-17)12(14)3/h7-9,16-17H,5-6,10-11H2,1-4H3. The second kappa shape index (κ2) is 7.63. The molecule has 1 aromatic rings. The third kappa shape index (κ3) is 4.22. The molecule has 0 heterocycles. The molecule has 0 unspecified atom stereocenters. The van der Waals surface area contributed by atoms with E-state index in [0.29, 0.717) is 17.7 Å². The van der Waals surface area contributed by atoms with E-state index in [2.05, 4.69) is 18.6 Å². The van der Waals surface area contributed by atoms with Crippen LogP contribution in [0.5, 0.6) is 0 Å². The van der Waals surface area contributed by atoms with Gasteiger partial charge in [-0.05, 0) is 43.2 Å². The molecule has 0 atom stereocenters. The molecule has 0 aromatic heterocycles. The van der Waals surface area contributed by atoms with Gasteiger partial charge >= 0.3 is 0 Å². The predicted molar refractivity (Wildman–Crippen MR) is 89.1 cm³/mol. The van der Waals surface area contributed by atoms with Crippen molar-refractivity contribution in [3.05, 3.63) is 29.3 Å². The highest BCUT2D eigenvalue weighted by Crippen LogP contribution is 2.30. The summed E-state index contributed by atoms with van der Waals surface area (Å²) in [5.41, 5.74) is 1.25. The largest absolute Gasteiger partial charge is 0.392 e. The van der Waals surface area contributed by atoms with Gasteiger partial charge in [0.1, 0.15) is 0 Å². The maximum Gasteiger partial charge on any atom is 0.240 e. The lowest BCUT2D eigenvalue weighted by Crippen LogP contribution is -2.39. The molecule has 0 saturated carbocycles. The molecule has 0 saturated heterocycles. The Balaban J connectivity index is 3.03. The maximum atomic E-state index is 12.5. The van der Waals surface area contributed by atoms with Gasteiger partial charge in [0, 0.05) is 11.3 Å². The summed E-state index contributed by atoms with van der Waals surface area (Å²) < 4.78 is 27.7. The van der Waals surface area contributed by atoms with Crippen LogP contribution in [0.2, 0.25) is 0 Å². The van der Waals surface area contributed by atoms with Gasteiger partial charge < -0.3 is 5.11 Å². The highest BCUT2D eigenvalue weighted by molar-refractivity contribution is 8.00. The minimum Gasteiger partial charge on any atom is -0.392 e. The quantitative estimate of drug-likeness (QED) is 0.768. The maximum absolute atomic E-state index is 12.5. The summed E-state index contributed by atoms with van der Waals surface area (Å²) in [4.78, 5) is 0.247. The number of benzene rings is 1. The molecule has 0 aliphatic heterocycles. The highest BCUT2D eigenvalue weighted by Gasteiger charge is 2.28. The molecular weight excluding hydrogens is 306 g/mol. The average Bonchev–Trinajstić information content (AvgIpc) is 2.49. The summed E-state index contributed by atoms with van der Waals surface area (Å²) in [5.74, 6) is 0. The van der Waals surface area contributed by atoms with Crippen molar-refractivity contribution < 1.29 is 13.5 Å². The Morgan fingerprint density at radius 1 is 1.29 bits per heavy atom. The van der Waals surface area contributed by atoms with Crippen LogP contribution in [-0.4, -0.2) is 31.1 Å². The molecule has 6 heteroatoms. The van der Waals surface area contributed by atoms with Crippen LogP contribution in [0.4, 0.5) is 0 Å². The summed E-state index contributed by atoms with van der Waals surface area (Å²) in [5, 5.41) is 9.26. The van der Waals surface area contributed by atoms with Gasteiger partial charge in [0.05, 0.1) is 11.5 Å². The summed E-state index contributed by atoms with van der Waals surface area (Å²) in [6, 6.07) is 4.97. The Bertz CT molecular complexity index is 558. The van der Waals surface area contributed by atoms with Gasteiger partial charge in [-0.2, -0.15) is 11.8 Å². The number of nitrogens with one attached hydrogen (secondary N) is 1. The lowest BCUT2D eigenvalue weighted by atomic mass is 10.0. The van der Waals surface area contributed by atoms with Crippen molar-refractivity contribution in [3.63, 3.8) is 0 Å². The van der Waals surface area contributed by atoms with Gasteiger partial charge in [-0.1, -0.05) is 26.0 Å². The van der Waals surface area contributed by atoms with Gasteiger partial charge in [0.25, 0.3) is 0 Å². The van der Waals surface area contributed by atoms with Crippen LogP contribution in [0.15, 0.2) is 23.1 Å². The number of hydrogen-bond donors (Lipinski definition) is 2. The Labute approximate surface area is 132 Å². The molecule has 21 heavy (non-hydrogen) atoms. The molecule has 1 rings (SSSR count). The van der Waals surface area contributed by atoms with Crippen LogP contribution < -0.4 is 4.72 Å². The van der Waals surface area contributed by atoms with Crippen LogP contribution in [0, 0.1) is 6.92 Å². The first kappa shape index (κ1) is 18.5. The van der Waals surface area contributed by atoms with Crippen LogP contribution in [0.25, 0.3) is 0 Å². The van der Waals surface area contributed by atoms with Crippen LogP contribution in [-0.2, 0) is 16.6 Å². The molecule has 0 spiro atoms. The Kier molecular flexibility index (Phi) is 6.71. The van der Waals surface area contributed by atoms with Crippen molar-refractivity contribution in [1.29, 1.82) is 0 Å². The van der Waals surface area contributed by atoms with E-state index in [1.54, 1.807) is 36.9 Å². The third-order valence-corrected chi connectivity index (χ3v) is 7.30. The average molecular weight is 332 g/mol. The fourth-order valence-electron chi connectivity index (χ4n) is 2.29. The molecular formula is C15H25NO3S2. The van der Waals surface area contributed by atoms with Gasteiger partial charge in [0.2, 0.25) is 10.0 Å². The van der Waals surface area contributed by atoms with E-state index < -0.39 is 10.0 Å². The number of rotatable bonds is 8.